The van der Waals surface area contributed by atoms with Gasteiger partial charge in [-0.25, -0.2) is 5.48 Å². The van der Waals surface area contributed by atoms with Gasteiger partial charge < -0.3 is 4.84 Å². The fourth-order valence-electron chi connectivity index (χ4n) is 2.19. The average molecular weight is 315 g/mol. The second kappa shape index (κ2) is 5.67. The Morgan fingerprint density at radius 1 is 0.864 bits per heavy atom. The Morgan fingerprint density at radius 2 is 1.55 bits per heavy atom. The summed E-state index contributed by atoms with van der Waals surface area (Å²) >= 11 is 0. The molecular weight excluding hydrogens is 302 g/mol. The number of nitrogens with one attached hydrogen (secondary N) is 1. The van der Waals surface area contributed by atoms with Gasteiger partial charge in [0, 0.05) is 5.39 Å². The predicted molar refractivity (Wildman–Crippen MR) is 84.5 cm³/mol. The highest BCUT2D eigenvalue weighted by atomic mass is 32.2. The van der Waals surface area contributed by atoms with Gasteiger partial charge in [-0.1, -0.05) is 42.5 Å². The number of benzene rings is 3. The van der Waals surface area contributed by atoms with Crippen LogP contribution >= 0.6 is 0 Å². The summed E-state index contributed by atoms with van der Waals surface area (Å²) in [7, 11) is -4.34. The minimum Gasteiger partial charge on any atom is -0.381 e. The molecule has 0 aliphatic heterocycles. The lowest BCUT2D eigenvalue weighted by Gasteiger charge is -2.12. The van der Waals surface area contributed by atoms with E-state index in [0.717, 1.165) is 5.69 Å². The highest BCUT2D eigenvalue weighted by molar-refractivity contribution is 7.86. The number of anilines is 1. The maximum Gasteiger partial charge on any atom is 0.295 e. The highest BCUT2D eigenvalue weighted by Gasteiger charge is 2.17. The third-order valence-electron chi connectivity index (χ3n) is 3.16. The maximum absolute atomic E-state index is 11.6. The molecule has 0 heterocycles. The van der Waals surface area contributed by atoms with E-state index in [0.29, 0.717) is 16.5 Å². The summed E-state index contributed by atoms with van der Waals surface area (Å²) in [5.74, 6) is 0.314. The summed E-state index contributed by atoms with van der Waals surface area (Å²) in [5, 5.41) is 0.985. The molecule has 5 nitrogen and oxygen atoms in total. The van der Waals surface area contributed by atoms with E-state index >= 15 is 0 Å². The molecule has 3 aromatic rings. The van der Waals surface area contributed by atoms with Crippen molar-refractivity contribution in [2.75, 3.05) is 5.48 Å². The summed E-state index contributed by atoms with van der Waals surface area (Å²) in [6.07, 6.45) is 0. The van der Waals surface area contributed by atoms with Crippen molar-refractivity contribution in [3.8, 4) is 5.75 Å². The highest BCUT2D eigenvalue weighted by Crippen LogP contribution is 2.31. The van der Waals surface area contributed by atoms with E-state index in [9.17, 15) is 13.0 Å². The van der Waals surface area contributed by atoms with Gasteiger partial charge in [0.15, 0.2) is 5.75 Å². The first-order valence-corrected chi connectivity index (χ1v) is 7.97. The van der Waals surface area contributed by atoms with E-state index in [2.05, 4.69) is 5.48 Å². The van der Waals surface area contributed by atoms with Crippen LogP contribution in [0.3, 0.4) is 0 Å². The van der Waals surface area contributed by atoms with Gasteiger partial charge in [-0.3, -0.25) is 4.55 Å². The maximum atomic E-state index is 11.6. The molecule has 0 unspecified atom stereocenters. The summed E-state index contributed by atoms with van der Waals surface area (Å²) in [6, 6.07) is 19.0. The largest absolute Gasteiger partial charge is 0.381 e. The van der Waals surface area contributed by atoms with Crippen molar-refractivity contribution in [1.29, 1.82) is 0 Å². The number of hydrogen-bond acceptors (Lipinski definition) is 4. The fourth-order valence-corrected chi connectivity index (χ4v) is 2.92. The van der Waals surface area contributed by atoms with E-state index < -0.39 is 10.1 Å². The molecular formula is C16H13NO4S. The minimum absolute atomic E-state index is 0.185. The van der Waals surface area contributed by atoms with Gasteiger partial charge in [-0.2, -0.15) is 8.42 Å². The van der Waals surface area contributed by atoms with Crippen LogP contribution in [0.2, 0.25) is 0 Å². The average Bonchev–Trinajstić information content (AvgIpc) is 2.52. The first kappa shape index (κ1) is 14.4. The number of fused-ring (bicyclic) bond motifs is 1. The first-order valence-electron chi connectivity index (χ1n) is 6.53. The van der Waals surface area contributed by atoms with Crippen molar-refractivity contribution in [1.82, 2.24) is 0 Å². The number of hydrogen-bond donors (Lipinski definition) is 2. The molecule has 0 spiro atoms. The van der Waals surface area contributed by atoms with E-state index in [1.165, 1.54) is 6.07 Å². The van der Waals surface area contributed by atoms with Crippen LogP contribution in [0.1, 0.15) is 0 Å². The summed E-state index contributed by atoms with van der Waals surface area (Å²) in [6.45, 7) is 0. The molecule has 0 aliphatic carbocycles. The number of para-hydroxylation sites is 1. The van der Waals surface area contributed by atoms with Crippen LogP contribution in [0.15, 0.2) is 71.6 Å². The third-order valence-corrected chi connectivity index (χ3v) is 4.05. The molecule has 3 aromatic carbocycles. The zero-order valence-corrected chi connectivity index (χ0v) is 12.2. The van der Waals surface area contributed by atoms with Crippen molar-refractivity contribution in [2.24, 2.45) is 0 Å². The van der Waals surface area contributed by atoms with E-state index in [4.69, 9.17) is 4.84 Å². The minimum atomic E-state index is -4.34. The fraction of sp³-hybridized carbons (Fsp3) is 0. The molecule has 0 bridgehead atoms. The van der Waals surface area contributed by atoms with Crippen molar-refractivity contribution >= 4 is 26.6 Å². The molecule has 0 atom stereocenters. The van der Waals surface area contributed by atoms with Crippen LogP contribution in [0.25, 0.3) is 10.8 Å². The van der Waals surface area contributed by atoms with Crippen molar-refractivity contribution in [2.45, 2.75) is 4.90 Å². The molecule has 0 aromatic heterocycles. The van der Waals surface area contributed by atoms with Crippen LogP contribution in [-0.4, -0.2) is 13.0 Å². The van der Waals surface area contributed by atoms with Crippen LogP contribution < -0.4 is 10.3 Å². The molecule has 6 heteroatoms. The second-order valence-corrected chi connectivity index (χ2v) is 6.05. The predicted octanol–water partition coefficient (Wildman–Crippen LogP) is 3.49. The zero-order chi connectivity index (χ0) is 15.6. The SMILES string of the molecule is O=S(=O)(O)c1cccc2cccc(ONc3ccccc3)c12. The summed E-state index contributed by atoms with van der Waals surface area (Å²) in [4.78, 5) is 5.33. The summed E-state index contributed by atoms with van der Waals surface area (Å²) in [5.41, 5.74) is 3.48. The molecule has 0 amide bonds. The Kier molecular flexibility index (Phi) is 3.70. The Hall–Kier alpha value is -2.57. The van der Waals surface area contributed by atoms with E-state index in [-0.39, 0.29) is 4.90 Å². The van der Waals surface area contributed by atoms with Gasteiger partial charge in [-0.15, -0.1) is 0 Å². The van der Waals surface area contributed by atoms with Crippen LogP contribution in [0, 0.1) is 0 Å². The lowest BCUT2D eigenvalue weighted by atomic mass is 10.1. The van der Waals surface area contributed by atoms with Gasteiger partial charge in [0.05, 0.1) is 5.69 Å². The van der Waals surface area contributed by atoms with Crippen LogP contribution in [0.4, 0.5) is 5.69 Å². The van der Waals surface area contributed by atoms with Crippen LogP contribution in [-0.2, 0) is 10.1 Å². The van der Waals surface area contributed by atoms with Crippen LogP contribution in [0.5, 0.6) is 5.75 Å². The molecule has 22 heavy (non-hydrogen) atoms. The third kappa shape index (κ3) is 2.88. The zero-order valence-electron chi connectivity index (χ0n) is 11.4. The molecule has 2 N–H and O–H groups in total. The molecule has 0 aliphatic rings. The lowest BCUT2D eigenvalue weighted by molar-refractivity contribution is 0.409. The molecule has 0 saturated carbocycles. The molecule has 0 fully saturated rings. The molecule has 112 valence electrons. The van der Waals surface area contributed by atoms with Gasteiger partial charge in [0.1, 0.15) is 4.90 Å². The quantitative estimate of drug-likeness (QED) is 0.569. The second-order valence-electron chi connectivity index (χ2n) is 4.66. The van der Waals surface area contributed by atoms with E-state index in [1.54, 1.807) is 30.3 Å². The van der Waals surface area contributed by atoms with Gasteiger partial charge in [0.25, 0.3) is 10.1 Å². The first-order chi connectivity index (χ1) is 10.6. The van der Waals surface area contributed by atoms with Crippen molar-refractivity contribution in [3.05, 3.63) is 66.7 Å². The Morgan fingerprint density at radius 3 is 2.23 bits per heavy atom. The molecule has 0 radical (unpaired) electrons. The van der Waals surface area contributed by atoms with Crippen molar-refractivity contribution < 1.29 is 17.8 Å². The Balaban J connectivity index is 2.06. The smallest absolute Gasteiger partial charge is 0.295 e. The lowest BCUT2D eigenvalue weighted by Crippen LogP contribution is -2.06. The standard InChI is InChI=1S/C16H13NO4S/c18-22(19,20)15-11-5-7-12-6-4-10-14(16(12)15)21-17-13-8-2-1-3-9-13/h1-11,17H,(H,18,19,20). The normalized spacial score (nSPS) is 11.3. The summed E-state index contributed by atoms with van der Waals surface area (Å²) < 4.78 is 32.5. The monoisotopic (exact) mass is 315 g/mol. The molecule has 3 rings (SSSR count). The van der Waals surface area contributed by atoms with Gasteiger partial charge in [0.2, 0.25) is 0 Å². The van der Waals surface area contributed by atoms with E-state index in [1.807, 2.05) is 30.3 Å². The van der Waals surface area contributed by atoms with Gasteiger partial charge >= 0.3 is 0 Å². The van der Waals surface area contributed by atoms with Gasteiger partial charge in [-0.05, 0) is 29.7 Å². The van der Waals surface area contributed by atoms with Crippen molar-refractivity contribution in [3.63, 3.8) is 0 Å². The Bertz CT molecular complexity index is 903. The number of rotatable bonds is 4. The molecule has 0 saturated heterocycles. The Labute approximate surface area is 127 Å². The topological polar surface area (TPSA) is 75.6 Å².